The number of carbonyl (C=O) groups is 2. The largest absolute Gasteiger partial charge is 0.479 e. The molecular weight excluding hydrogens is 338 g/mol. The second-order valence-electron chi connectivity index (χ2n) is 4.95. The summed E-state index contributed by atoms with van der Waals surface area (Å²) in [5.41, 5.74) is 7.74. The molecule has 0 unspecified atom stereocenters. The van der Waals surface area contributed by atoms with Gasteiger partial charge in [0, 0.05) is 16.7 Å². The summed E-state index contributed by atoms with van der Waals surface area (Å²) in [6, 6.07) is 7.61. The predicted octanol–water partition coefficient (Wildman–Crippen LogP) is 1.56. The van der Waals surface area contributed by atoms with Crippen molar-refractivity contribution in [2.75, 3.05) is 0 Å². The third-order valence-corrected chi connectivity index (χ3v) is 4.43. The molecule has 1 aromatic rings. The van der Waals surface area contributed by atoms with E-state index in [0.717, 1.165) is 23.6 Å². The molecule has 0 aromatic heterocycles. The van der Waals surface area contributed by atoms with Crippen LogP contribution in [0, 0.1) is 0 Å². The lowest BCUT2D eigenvalue weighted by molar-refractivity contribution is -0.192. The number of carbonyl (C=O) groups excluding carboxylic acids is 1. The minimum absolute atomic E-state index is 0.665. The number of hydrogen-bond donors (Lipinski definition) is 2. The van der Waals surface area contributed by atoms with Crippen LogP contribution in [-0.4, -0.2) is 51.9 Å². The topological polar surface area (TPSA) is 142 Å². The lowest BCUT2D eigenvalue weighted by atomic mass is 9.97. The fourth-order valence-electron chi connectivity index (χ4n) is 2.28. The number of carboxylic acid groups (broad SMARTS) is 1. The van der Waals surface area contributed by atoms with E-state index in [0.29, 0.717) is 0 Å². The Morgan fingerprint density at radius 2 is 2.04 bits per heavy atom. The molecule has 0 saturated carbocycles. The van der Waals surface area contributed by atoms with Gasteiger partial charge < -0.3 is 19.7 Å². The standard InChI is InChI=1S/C14H15N3O6S/c1-7(18)22-11-9(16-17-15)10(19)12(13(20)21)23-14(11)24-8-5-3-2-4-6-8/h2-6,9-12,14,19H,1H3,(H,20,21)/t9-,10-,11+,12-,14-/m0/s1. The highest BCUT2D eigenvalue weighted by Gasteiger charge is 2.49. The van der Waals surface area contributed by atoms with Crippen LogP contribution < -0.4 is 0 Å². The molecule has 0 amide bonds. The molecule has 0 aliphatic carbocycles. The minimum atomic E-state index is -1.64. The average molecular weight is 353 g/mol. The summed E-state index contributed by atoms with van der Waals surface area (Å²) >= 11 is 1.11. The van der Waals surface area contributed by atoms with Gasteiger partial charge in [-0.15, -0.1) is 0 Å². The number of nitrogens with zero attached hydrogens (tertiary/aromatic N) is 3. The normalized spacial score (nSPS) is 29.3. The van der Waals surface area contributed by atoms with E-state index in [1.807, 2.05) is 6.07 Å². The maximum absolute atomic E-state index is 11.4. The Bertz CT molecular complexity index is 651. The first-order chi connectivity index (χ1) is 11.4. The first-order valence-corrected chi connectivity index (χ1v) is 7.81. The Morgan fingerprint density at radius 1 is 1.38 bits per heavy atom. The first-order valence-electron chi connectivity index (χ1n) is 6.93. The average Bonchev–Trinajstić information content (AvgIpc) is 2.53. The van der Waals surface area contributed by atoms with Gasteiger partial charge in [-0.3, -0.25) is 4.79 Å². The van der Waals surface area contributed by atoms with Crippen molar-refractivity contribution in [3.8, 4) is 0 Å². The van der Waals surface area contributed by atoms with E-state index in [1.165, 1.54) is 0 Å². The fourth-order valence-corrected chi connectivity index (χ4v) is 3.39. The zero-order valence-corrected chi connectivity index (χ0v) is 13.4. The third kappa shape index (κ3) is 4.18. The number of azide groups is 1. The molecule has 0 spiro atoms. The van der Waals surface area contributed by atoms with Crippen molar-refractivity contribution in [2.24, 2.45) is 5.11 Å². The van der Waals surface area contributed by atoms with Crippen LogP contribution >= 0.6 is 11.8 Å². The molecule has 1 aliphatic rings. The minimum Gasteiger partial charge on any atom is -0.479 e. The number of carboxylic acids is 1. The molecule has 0 radical (unpaired) electrons. The van der Waals surface area contributed by atoms with Crippen LogP contribution in [0.1, 0.15) is 6.92 Å². The molecule has 1 saturated heterocycles. The van der Waals surface area contributed by atoms with Gasteiger partial charge in [0.05, 0.1) is 0 Å². The highest BCUT2D eigenvalue weighted by molar-refractivity contribution is 7.99. The van der Waals surface area contributed by atoms with Crippen molar-refractivity contribution < 1.29 is 29.3 Å². The summed E-state index contributed by atoms with van der Waals surface area (Å²) in [4.78, 5) is 26.0. The van der Waals surface area contributed by atoms with Gasteiger partial charge in [0.2, 0.25) is 0 Å². The Labute approximate surface area is 141 Å². The molecule has 24 heavy (non-hydrogen) atoms. The smallest absolute Gasteiger partial charge is 0.335 e. The molecule has 1 heterocycles. The van der Waals surface area contributed by atoms with Crippen LogP contribution in [0.3, 0.4) is 0 Å². The molecule has 9 nitrogen and oxygen atoms in total. The number of aliphatic hydroxyl groups is 1. The summed E-state index contributed by atoms with van der Waals surface area (Å²) in [6.07, 6.45) is -4.38. The van der Waals surface area contributed by atoms with Crippen molar-refractivity contribution in [2.45, 2.75) is 41.6 Å². The summed E-state index contributed by atoms with van der Waals surface area (Å²) in [5, 5.41) is 22.8. The van der Waals surface area contributed by atoms with E-state index >= 15 is 0 Å². The second-order valence-corrected chi connectivity index (χ2v) is 6.13. The molecule has 2 rings (SSSR count). The van der Waals surface area contributed by atoms with E-state index in [2.05, 4.69) is 10.0 Å². The zero-order chi connectivity index (χ0) is 17.7. The highest BCUT2D eigenvalue weighted by Crippen LogP contribution is 2.36. The molecule has 5 atom stereocenters. The Morgan fingerprint density at radius 3 is 2.58 bits per heavy atom. The highest BCUT2D eigenvalue weighted by atomic mass is 32.2. The van der Waals surface area contributed by atoms with E-state index < -0.39 is 41.7 Å². The molecule has 10 heteroatoms. The monoisotopic (exact) mass is 353 g/mol. The number of benzene rings is 1. The zero-order valence-electron chi connectivity index (χ0n) is 12.6. The van der Waals surface area contributed by atoms with Crippen LogP contribution in [0.2, 0.25) is 0 Å². The van der Waals surface area contributed by atoms with Gasteiger partial charge in [-0.1, -0.05) is 35.1 Å². The summed E-state index contributed by atoms with van der Waals surface area (Å²) in [5.74, 6) is -2.07. The number of hydrogen-bond acceptors (Lipinski definition) is 7. The van der Waals surface area contributed by atoms with E-state index in [1.54, 1.807) is 24.3 Å². The van der Waals surface area contributed by atoms with Gasteiger partial charge in [0.25, 0.3) is 0 Å². The molecule has 1 aromatic carbocycles. The SMILES string of the molecule is CC(=O)O[C@@H]1[C@@H](N=[N+]=[N-])[C@H](O)[C@@H](C(=O)O)O[C@H]1Sc1ccccc1. The third-order valence-electron chi connectivity index (χ3n) is 3.27. The lowest BCUT2D eigenvalue weighted by Gasteiger charge is -2.40. The van der Waals surface area contributed by atoms with Crippen LogP contribution in [0.15, 0.2) is 40.3 Å². The number of ether oxygens (including phenoxy) is 2. The molecule has 1 aliphatic heterocycles. The Hall–Kier alpha value is -2.26. The fraction of sp³-hybridized carbons (Fsp3) is 0.429. The van der Waals surface area contributed by atoms with E-state index in [-0.39, 0.29) is 0 Å². The summed E-state index contributed by atoms with van der Waals surface area (Å²) < 4.78 is 10.5. The number of rotatable bonds is 5. The molecule has 1 fully saturated rings. The molecular formula is C14H15N3O6S. The van der Waals surface area contributed by atoms with Crippen molar-refractivity contribution in [1.82, 2.24) is 0 Å². The van der Waals surface area contributed by atoms with Gasteiger partial charge in [0.15, 0.2) is 6.10 Å². The van der Waals surface area contributed by atoms with Crippen LogP contribution in [-0.2, 0) is 19.1 Å². The molecule has 2 N–H and O–H groups in total. The molecule has 0 bridgehead atoms. The van der Waals surface area contributed by atoms with E-state index in [9.17, 15) is 19.8 Å². The quantitative estimate of drug-likeness (QED) is 0.354. The number of esters is 1. The van der Waals surface area contributed by atoms with Gasteiger partial charge in [-0.05, 0) is 17.7 Å². The maximum Gasteiger partial charge on any atom is 0.335 e. The number of thioether (sulfide) groups is 1. The number of aliphatic hydroxyl groups excluding tert-OH is 1. The summed E-state index contributed by atoms with van der Waals surface area (Å²) in [6.45, 7) is 1.16. The van der Waals surface area contributed by atoms with Gasteiger partial charge >= 0.3 is 11.9 Å². The van der Waals surface area contributed by atoms with Crippen LogP contribution in [0.25, 0.3) is 10.4 Å². The number of aliphatic carboxylic acids is 1. The Kier molecular flexibility index (Phi) is 6.04. The van der Waals surface area contributed by atoms with Crippen molar-refractivity contribution in [1.29, 1.82) is 0 Å². The van der Waals surface area contributed by atoms with Crippen LogP contribution in [0.4, 0.5) is 0 Å². The Balaban J connectivity index is 2.35. The van der Waals surface area contributed by atoms with Crippen LogP contribution in [0.5, 0.6) is 0 Å². The first kappa shape index (κ1) is 18.1. The van der Waals surface area contributed by atoms with Crippen molar-refractivity contribution in [3.05, 3.63) is 40.8 Å². The molecule has 128 valence electrons. The van der Waals surface area contributed by atoms with Crippen molar-refractivity contribution in [3.63, 3.8) is 0 Å². The van der Waals surface area contributed by atoms with Gasteiger partial charge in [0.1, 0.15) is 23.7 Å². The van der Waals surface area contributed by atoms with Gasteiger partial charge in [-0.2, -0.15) is 0 Å². The predicted molar refractivity (Wildman–Crippen MR) is 83.1 cm³/mol. The van der Waals surface area contributed by atoms with E-state index in [4.69, 9.17) is 15.0 Å². The van der Waals surface area contributed by atoms with Crippen molar-refractivity contribution >= 4 is 23.7 Å². The summed E-state index contributed by atoms with van der Waals surface area (Å²) in [7, 11) is 0. The van der Waals surface area contributed by atoms with Gasteiger partial charge in [-0.25, -0.2) is 4.79 Å². The second kappa shape index (κ2) is 8.02. The lowest BCUT2D eigenvalue weighted by Crippen LogP contribution is -2.59. The maximum atomic E-state index is 11.4.